The predicted molar refractivity (Wildman–Crippen MR) is 145 cm³/mol. The molecule has 0 radical (unpaired) electrons. The largest absolute Gasteiger partial charge is 0.351 e. The smallest absolute Gasteiger partial charge is 0.271 e. The van der Waals surface area contributed by atoms with Gasteiger partial charge in [0.05, 0.1) is 0 Å². The number of hydrogen-bond donors (Lipinski definition) is 2. The molecule has 3 aromatic carbocycles. The van der Waals surface area contributed by atoms with Crippen LogP contribution in [0.1, 0.15) is 48.4 Å². The molecular weight excluding hydrogens is 489 g/mol. The Morgan fingerprint density at radius 1 is 0.919 bits per heavy atom. The zero-order chi connectivity index (χ0) is 26.6. The first-order valence-electron chi connectivity index (χ1n) is 12.0. The van der Waals surface area contributed by atoms with Crippen molar-refractivity contribution in [3.05, 3.63) is 119 Å². The van der Waals surface area contributed by atoms with Crippen molar-refractivity contribution >= 4 is 23.4 Å². The van der Waals surface area contributed by atoms with Gasteiger partial charge in [0.15, 0.2) is 0 Å². The molecule has 0 spiro atoms. The van der Waals surface area contributed by atoms with E-state index in [1.54, 1.807) is 18.2 Å². The topological polar surface area (TPSA) is 65.2 Å². The quantitative estimate of drug-likeness (QED) is 0.284. The number of carbonyl (C=O) groups is 2. The van der Waals surface area contributed by atoms with E-state index < -0.39 is 17.4 Å². The van der Waals surface area contributed by atoms with Gasteiger partial charge in [0.1, 0.15) is 17.6 Å². The molecule has 0 aliphatic carbocycles. The van der Waals surface area contributed by atoms with E-state index in [4.69, 9.17) is 11.6 Å². The van der Waals surface area contributed by atoms with Crippen LogP contribution in [0, 0.1) is 5.82 Å². The van der Waals surface area contributed by atoms with Crippen molar-refractivity contribution < 1.29 is 14.0 Å². The monoisotopic (exact) mass is 517 g/mol. The molecule has 0 saturated heterocycles. The summed E-state index contributed by atoms with van der Waals surface area (Å²) in [5.41, 5.74) is 2.64. The highest BCUT2D eigenvalue weighted by molar-refractivity contribution is 6.31. The lowest BCUT2D eigenvalue weighted by Crippen LogP contribution is -2.49. The molecule has 1 atom stereocenters. The number of aromatic nitrogens is 1. The maximum atomic E-state index is 14.1. The molecule has 5 nitrogen and oxygen atoms in total. The van der Waals surface area contributed by atoms with Gasteiger partial charge in [0.25, 0.3) is 5.91 Å². The van der Waals surface area contributed by atoms with Gasteiger partial charge >= 0.3 is 0 Å². The van der Waals surface area contributed by atoms with Crippen LogP contribution in [0.15, 0.2) is 91.0 Å². The Morgan fingerprint density at radius 2 is 1.57 bits per heavy atom. The summed E-state index contributed by atoms with van der Waals surface area (Å²) in [5, 5.41) is 3.46. The van der Waals surface area contributed by atoms with Gasteiger partial charge in [-0.1, -0.05) is 72.3 Å². The van der Waals surface area contributed by atoms with E-state index >= 15 is 0 Å². The first kappa shape index (κ1) is 26.2. The number of carbonyl (C=O) groups excluding carboxylic acids is 2. The molecule has 4 rings (SSSR count). The minimum absolute atomic E-state index is 0.0673. The van der Waals surface area contributed by atoms with Crippen molar-refractivity contribution in [2.75, 3.05) is 0 Å². The van der Waals surface area contributed by atoms with Crippen LogP contribution < -0.4 is 5.32 Å². The minimum Gasteiger partial charge on any atom is -0.351 e. The Hall–Kier alpha value is -3.90. The van der Waals surface area contributed by atoms with Crippen LogP contribution in [0.4, 0.5) is 4.39 Å². The maximum Gasteiger partial charge on any atom is 0.271 e. The summed E-state index contributed by atoms with van der Waals surface area (Å²) in [7, 11) is 0. The number of halogens is 2. The van der Waals surface area contributed by atoms with E-state index in [0.29, 0.717) is 21.8 Å². The highest BCUT2D eigenvalue weighted by Crippen LogP contribution is 2.29. The lowest BCUT2D eigenvalue weighted by molar-refractivity contribution is -0.127. The number of rotatable bonds is 7. The second-order valence-corrected chi connectivity index (χ2v) is 10.3. The van der Waals surface area contributed by atoms with E-state index in [1.165, 1.54) is 29.2 Å². The van der Waals surface area contributed by atoms with E-state index in [2.05, 4.69) is 10.3 Å². The van der Waals surface area contributed by atoms with Gasteiger partial charge in [-0.05, 0) is 67.8 Å². The van der Waals surface area contributed by atoms with Gasteiger partial charge in [-0.25, -0.2) is 4.39 Å². The Bertz CT molecular complexity index is 1380. The highest BCUT2D eigenvalue weighted by Gasteiger charge is 2.34. The number of amides is 2. The number of hydrogen-bond acceptors (Lipinski definition) is 2. The fourth-order valence-corrected chi connectivity index (χ4v) is 4.30. The van der Waals surface area contributed by atoms with Crippen molar-refractivity contribution in [1.29, 1.82) is 0 Å². The van der Waals surface area contributed by atoms with Crippen LogP contribution in [0.3, 0.4) is 0 Å². The molecule has 37 heavy (non-hydrogen) atoms. The van der Waals surface area contributed by atoms with Crippen LogP contribution in [-0.2, 0) is 11.3 Å². The Kier molecular flexibility index (Phi) is 7.79. The third-order valence-electron chi connectivity index (χ3n) is 5.80. The SMILES string of the molecule is CC(C)(C)NC(=O)[C@@H](c1ccc(F)cc1)N(Cc1ccccc1Cl)C(=O)c1ccc(-c2ccccc2)[nH]1. The molecule has 190 valence electrons. The molecule has 0 fully saturated rings. The van der Waals surface area contributed by atoms with Gasteiger partial charge < -0.3 is 15.2 Å². The summed E-state index contributed by atoms with van der Waals surface area (Å²) in [5.74, 6) is -1.20. The first-order chi connectivity index (χ1) is 17.6. The number of benzene rings is 3. The molecule has 7 heteroatoms. The van der Waals surface area contributed by atoms with Gasteiger partial charge in [-0.3, -0.25) is 9.59 Å². The molecule has 1 aromatic heterocycles. The Morgan fingerprint density at radius 3 is 2.22 bits per heavy atom. The number of aromatic amines is 1. The molecule has 0 aliphatic heterocycles. The predicted octanol–water partition coefficient (Wildman–Crippen LogP) is 6.77. The van der Waals surface area contributed by atoms with Gasteiger partial charge in [-0.2, -0.15) is 0 Å². The second-order valence-electron chi connectivity index (χ2n) is 9.87. The van der Waals surface area contributed by atoms with Crippen LogP contribution in [0.5, 0.6) is 0 Å². The summed E-state index contributed by atoms with van der Waals surface area (Å²) in [6.07, 6.45) is 0. The van der Waals surface area contributed by atoms with Crippen molar-refractivity contribution in [3.8, 4) is 11.3 Å². The molecule has 0 saturated carbocycles. The van der Waals surface area contributed by atoms with Crippen molar-refractivity contribution in [2.45, 2.75) is 38.9 Å². The van der Waals surface area contributed by atoms with Crippen LogP contribution in [0.25, 0.3) is 11.3 Å². The molecule has 0 unspecified atom stereocenters. The lowest BCUT2D eigenvalue weighted by atomic mass is 10.0. The molecule has 2 N–H and O–H groups in total. The zero-order valence-corrected chi connectivity index (χ0v) is 21.7. The zero-order valence-electron chi connectivity index (χ0n) is 21.0. The summed E-state index contributed by atoms with van der Waals surface area (Å²) < 4.78 is 13.8. The first-order valence-corrected chi connectivity index (χ1v) is 12.4. The van der Waals surface area contributed by atoms with E-state index in [1.807, 2.05) is 69.3 Å². The van der Waals surface area contributed by atoms with Gasteiger partial charge in [0.2, 0.25) is 5.91 Å². The van der Waals surface area contributed by atoms with Crippen LogP contribution >= 0.6 is 11.6 Å². The average molecular weight is 518 g/mol. The number of nitrogens with zero attached hydrogens (tertiary/aromatic N) is 1. The Balaban J connectivity index is 1.80. The van der Waals surface area contributed by atoms with Gasteiger partial charge in [0, 0.05) is 22.8 Å². The summed E-state index contributed by atoms with van der Waals surface area (Å²) in [6.45, 7) is 5.66. The van der Waals surface area contributed by atoms with E-state index in [9.17, 15) is 14.0 Å². The molecular formula is C30H29ClFN3O2. The third kappa shape index (κ3) is 6.46. The lowest BCUT2D eigenvalue weighted by Gasteiger charge is -2.34. The number of nitrogens with one attached hydrogen (secondary N) is 2. The summed E-state index contributed by atoms with van der Waals surface area (Å²) in [6, 6.07) is 25.0. The standard InChI is InChI=1S/C30H29ClFN3O2/c1-30(2,3)34-28(36)27(21-13-15-23(32)16-14-21)35(19-22-11-7-8-12-24(22)31)29(37)26-18-17-25(33-26)20-9-5-4-6-10-20/h4-18,27,33H,19H2,1-3H3,(H,34,36)/t27-/m1/s1. The highest BCUT2D eigenvalue weighted by atomic mass is 35.5. The number of H-pyrrole nitrogens is 1. The normalized spacial score (nSPS) is 12.1. The minimum atomic E-state index is -1.04. The van der Waals surface area contributed by atoms with E-state index in [-0.39, 0.29) is 18.4 Å². The Labute approximate surface area is 221 Å². The van der Waals surface area contributed by atoms with Crippen molar-refractivity contribution in [2.24, 2.45) is 0 Å². The summed E-state index contributed by atoms with van der Waals surface area (Å²) >= 11 is 6.46. The van der Waals surface area contributed by atoms with E-state index in [0.717, 1.165) is 11.3 Å². The van der Waals surface area contributed by atoms with Crippen molar-refractivity contribution in [3.63, 3.8) is 0 Å². The molecule has 4 aromatic rings. The average Bonchev–Trinajstić information content (AvgIpc) is 3.35. The van der Waals surface area contributed by atoms with Crippen LogP contribution in [0.2, 0.25) is 5.02 Å². The second kappa shape index (κ2) is 11.0. The molecule has 0 aliphatic rings. The third-order valence-corrected chi connectivity index (χ3v) is 6.17. The fourth-order valence-electron chi connectivity index (χ4n) is 4.11. The summed E-state index contributed by atoms with van der Waals surface area (Å²) in [4.78, 5) is 32.4. The maximum absolute atomic E-state index is 14.1. The fraction of sp³-hybridized carbons (Fsp3) is 0.200. The molecule has 0 bridgehead atoms. The molecule has 2 amide bonds. The molecule has 1 heterocycles. The van der Waals surface area contributed by atoms with Gasteiger partial charge in [-0.15, -0.1) is 0 Å². The van der Waals surface area contributed by atoms with Crippen molar-refractivity contribution in [1.82, 2.24) is 15.2 Å². The van der Waals surface area contributed by atoms with Crippen LogP contribution in [-0.4, -0.2) is 27.2 Å².